The van der Waals surface area contributed by atoms with Crippen molar-refractivity contribution in [2.75, 3.05) is 39.6 Å². The molecule has 370 valence electrons. The maximum atomic E-state index is 12.0. The maximum absolute atomic E-state index is 12.0. The van der Waals surface area contributed by atoms with Gasteiger partial charge >= 0.3 is 11.9 Å². The summed E-state index contributed by atoms with van der Waals surface area (Å²) >= 11 is 0. The average Bonchev–Trinajstić information content (AvgIpc) is 3.13. The molecule has 0 spiro atoms. The molecule has 64 heavy (non-hydrogen) atoms. The van der Waals surface area contributed by atoms with Crippen molar-refractivity contribution >= 4 is 11.9 Å². The molecule has 0 radical (unpaired) electrons. The highest BCUT2D eigenvalue weighted by Crippen LogP contribution is 2.40. The number of carbonyl (C=O) groups is 2. The van der Waals surface area contributed by atoms with Crippen molar-refractivity contribution in [3.8, 4) is 11.5 Å². The Hall–Kier alpha value is -2.92. The molecular formula is C54H94O10. The van der Waals surface area contributed by atoms with Gasteiger partial charge in [-0.15, -0.1) is 0 Å². The van der Waals surface area contributed by atoms with Crippen molar-refractivity contribution in [3.05, 3.63) is 48.6 Å². The van der Waals surface area contributed by atoms with Gasteiger partial charge in [-0.2, -0.15) is 0 Å². The third-order valence-electron chi connectivity index (χ3n) is 13.2. The van der Waals surface area contributed by atoms with E-state index in [2.05, 4.69) is 96.2 Å². The Labute approximate surface area is 391 Å². The summed E-state index contributed by atoms with van der Waals surface area (Å²) in [5, 5.41) is 0. The van der Waals surface area contributed by atoms with E-state index in [1.807, 2.05) is 52.0 Å². The summed E-state index contributed by atoms with van der Waals surface area (Å²) in [4.78, 5) is 24.0. The summed E-state index contributed by atoms with van der Waals surface area (Å²) in [6, 6.07) is 7.82. The van der Waals surface area contributed by atoms with E-state index < -0.39 is 11.2 Å². The van der Waals surface area contributed by atoms with Crippen LogP contribution >= 0.6 is 0 Å². The maximum Gasteiger partial charge on any atom is 0.333 e. The summed E-state index contributed by atoms with van der Waals surface area (Å²) < 4.78 is 48.8. The van der Waals surface area contributed by atoms with Gasteiger partial charge in [0.15, 0.2) is 0 Å². The molecule has 0 fully saturated rings. The van der Waals surface area contributed by atoms with E-state index >= 15 is 0 Å². The molecule has 0 amide bonds. The fraction of sp³-hybridized carbons (Fsp3) is 0.778. The molecule has 0 atom stereocenters. The first kappa shape index (κ1) is 59.1. The SMILES string of the molecule is C=C(C)C(=O)OC(C)(C)CCOC(C)(C)C(C)(C)CCCCOC(C)(C)CCOc1cccc(OCCC(C)(C)OCCCCC(C)(C)C(C)(C)OCCC(C)(C)OC(=O)C(=C)C)c1. The molecule has 0 aliphatic carbocycles. The van der Waals surface area contributed by atoms with Crippen LogP contribution in [0.15, 0.2) is 48.6 Å². The van der Waals surface area contributed by atoms with Crippen LogP contribution in [0.3, 0.4) is 0 Å². The quantitative estimate of drug-likeness (QED) is 0.0377. The molecule has 1 aromatic rings. The fourth-order valence-electron chi connectivity index (χ4n) is 6.54. The lowest BCUT2D eigenvalue weighted by molar-refractivity contribution is -0.158. The third-order valence-corrected chi connectivity index (χ3v) is 13.2. The molecule has 0 N–H and O–H groups in total. The number of hydrogen-bond acceptors (Lipinski definition) is 10. The molecule has 0 saturated carbocycles. The predicted octanol–water partition coefficient (Wildman–Crippen LogP) is 13.4. The lowest BCUT2D eigenvalue weighted by Crippen LogP contribution is -2.43. The smallest absolute Gasteiger partial charge is 0.333 e. The van der Waals surface area contributed by atoms with Crippen molar-refractivity contribution in [2.24, 2.45) is 10.8 Å². The zero-order chi connectivity index (χ0) is 49.3. The van der Waals surface area contributed by atoms with E-state index in [1.54, 1.807) is 13.8 Å². The number of rotatable bonds is 34. The lowest BCUT2D eigenvalue weighted by Gasteiger charge is -2.42. The van der Waals surface area contributed by atoms with Gasteiger partial charge in [-0.1, -0.05) is 59.8 Å². The van der Waals surface area contributed by atoms with Gasteiger partial charge in [-0.25, -0.2) is 9.59 Å². The number of hydrogen-bond donors (Lipinski definition) is 0. The van der Waals surface area contributed by atoms with Crippen LogP contribution in [0.1, 0.15) is 189 Å². The van der Waals surface area contributed by atoms with Gasteiger partial charge in [0.2, 0.25) is 0 Å². The number of benzene rings is 1. The highest BCUT2D eigenvalue weighted by Gasteiger charge is 2.39. The lowest BCUT2D eigenvalue weighted by atomic mass is 9.73. The van der Waals surface area contributed by atoms with Crippen LogP contribution in [0.4, 0.5) is 0 Å². The first-order valence-corrected chi connectivity index (χ1v) is 23.8. The van der Waals surface area contributed by atoms with Crippen LogP contribution in [0, 0.1) is 10.8 Å². The molecule has 10 heteroatoms. The van der Waals surface area contributed by atoms with Crippen LogP contribution < -0.4 is 9.47 Å². The molecule has 10 nitrogen and oxygen atoms in total. The van der Waals surface area contributed by atoms with Gasteiger partial charge in [-0.3, -0.25) is 0 Å². The normalized spacial score (nSPS) is 13.4. The highest BCUT2D eigenvalue weighted by atomic mass is 16.6. The molecule has 0 unspecified atom stereocenters. The fourth-order valence-corrected chi connectivity index (χ4v) is 6.54. The van der Waals surface area contributed by atoms with E-state index in [-0.39, 0.29) is 45.2 Å². The van der Waals surface area contributed by atoms with Crippen molar-refractivity contribution in [1.82, 2.24) is 0 Å². The summed E-state index contributed by atoms with van der Waals surface area (Å²) in [6.45, 7) is 47.8. The summed E-state index contributed by atoms with van der Waals surface area (Å²) in [6.07, 6.45) is 8.69. The zero-order valence-electron chi connectivity index (χ0n) is 44.1. The van der Waals surface area contributed by atoms with Crippen LogP contribution in [0.2, 0.25) is 0 Å². The summed E-state index contributed by atoms with van der Waals surface area (Å²) in [5.41, 5.74) is -1.91. The third kappa shape index (κ3) is 23.0. The van der Waals surface area contributed by atoms with Crippen molar-refractivity contribution < 1.29 is 47.5 Å². The Morgan fingerprint density at radius 2 is 0.766 bits per heavy atom. The minimum absolute atomic E-state index is 0.0580. The molecule has 0 aromatic heterocycles. The monoisotopic (exact) mass is 903 g/mol. The zero-order valence-corrected chi connectivity index (χ0v) is 44.1. The van der Waals surface area contributed by atoms with E-state index in [0.717, 1.165) is 62.9 Å². The topological polar surface area (TPSA) is 108 Å². The predicted molar refractivity (Wildman–Crippen MR) is 261 cm³/mol. The molecule has 1 aromatic carbocycles. The first-order chi connectivity index (χ1) is 29.1. The minimum Gasteiger partial charge on any atom is -0.493 e. The van der Waals surface area contributed by atoms with Gasteiger partial charge in [0, 0.05) is 56.1 Å². The second-order valence-corrected chi connectivity index (χ2v) is 22.6. The van der Waals surface area contributed by atoms with Crippen molar-refractivity contribution in [2.45, 2.75) is 222 Å². The van der Waals surface area contributed by atoms with Crippen molar-refractivity contribution in [1.29, 1.82) is 0 Å². The second kappa shape index (κ2) is 25.3. The summed E-state index contributed by atoms with van der Waals surface area (Å²) in [5.74, 6) is 0.807. The van der Waals surface area contributed by atoms with E-state index in [9.17, 15) is 9.59 Å². The highest BCUT2D eigenvalue weighted by molar-refractivity contribution is 5.87. The van der Waals surface area contributed by atoms with Crippen LogP contribution in [-0.4, -0.2) is 85.2 Å². The van der Waals surface area contributed by atoms with Crippen LogP contribution in [-0.2, 0) is 38.0 Å². The molecular weight excluding hydrogens is 809 g/mol. The van der Waals surface area contributed by atoms with Crippen molar-refractivity contribution in [3.63, 3.8) is 0 Å². The standard InChI is InChI=1S/C54H94O10/c1-41(2)45(55)63-51(13,14)32-38-61-53(17,18)47(5,6)28-21-23-34-59-49(9,10)30-36-57-43-26-25-27-44(40-43)58-37-31-50(11,12)60-35-24-22-29-48(7,8)54(19,20)62-39-33-52(15,16)64-46(56)42(3)4/h25-27,40H,1,3,21-24,28-39H2,2,4-20H3. The molecule has 0 aliphatic rings. The number of esters is 2. The first-order valence-electron chi connectivity index (χ1n) is 23.8. The molecule has 0 aliphatic heterocycles. The number of unbranched alkanes of at least 4 members (excludes halogenated alkanes) is 2. The number of carbonyl (C=O) groups excluding carboxylic acids is 2. The van der Waals surface area contributed by atoms with Crippen LogP contribution in [0.5, 0.6) is 11.5 Å². The van der Waals surface area contributed by atoms with E-state index in [4.69, 9.17) is 37.9 Å². The second-order valence-electron chi connectivity index (χ2n) is 22.6. The van der Waals surface area contributed by atoms with Gasteiger partial charge < -0.3 is 37.9 Å². The minimum atomic E-state index is -0.622. The largest absolute Gasteiger partial charge is 0.493 e. The van der Waals surface area contributed by atoms with Gasteiger partial charge in [0.25, 0.3) is 0 Å². The van der Waals surface area contributed by atoms with Crippen LogP contribution in [0.25, 0.3) is 0 Å². The van der Waals surface area contributed by atoms with Gasteiger partial charge in [0.05, 0.1) is 48.8 Å². The van der Waals surface area contributed by atoms with Gasteiger partial charge in [-0.05, 0) is 146 Å². The Kier molecular flexibility index (Phi) is 23.3. The van der Waals surface area contributed by atoms with Gasteiger partial charge in [0.1, 0.15) is 22.7 Å². The Bertz CT molecular complexity index is 1480. The molecule has 0 saturated heterocycles. The molecule has 0 heterocycles. The Morgan fingerprint density at radius 1 is 0.438 bits per heavy atom. The number of ether oxygens (including phenoxy) is 8. The average molecular weight is 903 g/mol. The molecule has 0 bridgehead atoms. The Balaban J connectivity index is 2.39. The summed E-state index contributed by atoms with van der Waals surface area (Å²) in [7, 11) is 0. The van der Waals surface area contributed by atoms with E-state index in [0.29, 0.717) is 63.6 Å². The Morgan fingerprint density at radius 3 is 1.09 bits per heavy atom. The molecule has 1 rings (SSSR count). The van der Waals surface area contributed by atoms with E-state index in [1.165, 1.54) is 0 Å².